The van der Waals surface area contributed by atoms with E-state index in [0.717, 1.165) is 76.5 Å². The summed E-state index contributed by atoms with van der Waals surface area (Å²) in [6, 6.07) is 0. The summed E-state index contributed by atoms with van der Waals surface area (Å²) in [5.74, 6) is 3.68. The lowest BCUT2D eigenvalue weighted by Crippen LogP contribution is -2.50. The highest BCUT2D eigenvalue weighted by Crippen LogP contribution is 2.48. The topological polar surface area (TPSA) is 63.1 Å². The summed E-state index contributed by atoms with van der Waals surface area (Å²) in [6.07, 6.45) is 6.50. The number of rotatable bonds is 4. The highest BCUT2D eigenvalue weighted by Gasteiger charge is 2.46. The standard InChI is InChI=1S/C19H31N5O/c1-14(2)12-19(6-3-7-19)18(25)23-9-4-15(5-10-23)17-22-21-16-13-20-8-11-24(16)17/h14-15,20H,3-13H2,1-2H3. The Hall–Kier alpha value is -1.43. The summed E-state index contributed by atoms with van der Waals surface area (Å²) in [5, 5.41) is 12.2. The van der Waals surface area contributed by atoms with Crippen LogP contribution < -0.4 is 5.32 Å². The molecule has 1 amide bonds. The molecule has 25 heavy (non-hydrogen) atoms. The molecule has 0 aromatic carbocycles. The first kappa shape index (κ1) is 17.0. The molecule has 1 saturated heterocycles. The molecule has 1 saturated carbocycles. The summed E-state index contributed by atoms with van der Waals surface area (Å²) in [4.78, 5) is 15.3. The van der Waals surface area contributed by atoms with Crippen molar-refractivity contribution in [3.63, 3.8) is 0 Å². The Kier molecular flexibility index (Phi) is 4.56. The second kappa shape index (κ2) is 6.71. The Morgan fingerprint density at radius 2 is 2.00 bits per heavy atom. The van der Waals surface area contributed by atoms with Gasteiger partial charge in [0, 0.05) is 37.5 Å². The average Bonchev–Trinajstić information content (AvgIpc) is 3.01. The van der Waals surface area contributed by atoms with Crippen molar-refractivity contribution in [1.82, 2.24) is 25.0 Å². The summed E-state index contributed by atoms with van der Waals surface area (Å²) in [5.41, 5.74) is -0.0410. The lowest BCUT2D eigenvalue weighted by atomic mass is 9.63. The lowest BCUT2D eigenvalue weighted by molar-refractivity contribution is -0.150. The van der Waals surface area contributed by atoms with Gasteiger partial charge in [0.05, 0.1) is 6.54 Å². The predicted molar refractivity (Wildman–Crippen MR) is 96.0 cm³/mol. The number of piperidine rings is 1. The minimum atomic E-state index is -0.0410. The Morgan fingerprint density at radius 1 is 1.24 bits per heavy atom. The van der Waals surface area contributed by atoms with Crippen LogP contribution in [0.5, 0.6) is 0 Å². The second-order valence-corrected chi connectivity index (χ2v) is 8.60. The largest absolute Gasteiger partial charge is 0.342 e. The number of nitrogens with one attached hydrogen (secondary N) is 1. The molecule has 138 valence electrons. The molecule has 1 aromatic rings. The van der Waals surface area contributed by atoms with Gasteiger partial charge in [0.15, 0.2) is 0 Å². The maximum atomic E-state index is 13.1. The van der Waals surface area contributed by atoms with Gasteiger partial charge in [-0.25, -0.2) is 0 Å². The van der Waals surface area contributed by atoms with E-state index in [4.69, 9.17) is 0 Å². The minimum absolute atomic E-state index is 0.0410. The molecule has 6 nitrogen and oxygen atoms in total. The van der Waals surface area contributed by atoms with Gasteiger partial charge in [0.25, 0.3) is 0 Å². The number of likely N-dealkylation sites (tertiary alicyclic amines) is 1. The molecule has 0 bridgehead atoms. The van der Waals surface area contributed by atoms with Gasteiger partial charge in [-0.15, -0.1) is 10.2 Å². The molecule has 3 aliphatic rings. The fourth-order valence-corrected chi connectivity index (χ4v) is 4.98. The van der Waals surface area contributed by atoms with Crippen LogP contribution >= 0.6 is 0 Å². The number of carbonyl (C=O) groups is 1. The van der Waals surface area contributed by atoms with Crippen LogP contribution in [0.1, 0.15) is 69.9 Å². The molecule has 0 unspecified atom stereocenters. The van der Waals surface area contributed by atoms with Gasteiger partial charge < -0.3 is 14.8 Å². The van der Waals surface area contributed by atoms with Crippen LogP contribution in [0.3, 0.4) is 0 Å². The van der Waals surface area contributed by atoms with Gasteiger partial charge >= 0.3 is 0 Å². The van der Waals surface area contributed by atoms with Gasteiger partial charge in [0.2, 0.25) is 5.91 Å². The van der Waals surface area contributed by atoms with E-state index in [2.05, 4.69) is 38.8 Å². The summed E-state index contributed by atoms with van der Waals surface area (Å²) in [7, 11) is 0. The fourth-order valence-electron chi connectivity index (χ4n) is 4.98. The number of nitrogens with zero attached hydrogens (tertiary/aromatic N) is 4. The van der Waals surface area contributed by atoms with Crippen LogP contribution in [0.25, 0.3) is 0 Å². The van der Waals surface area contributed by atoms with Crippen LogP contribution in [0, 0.1) is 11.3 Å². The third-order valence-electron chi connectivity index (χ3n) is 6.36. The van der Waals surface area contributed by atoms with E-state index in [-0.39, 0.29) is 5.41 Å². The third kappa shape index (κ3) is 3.09. The molecule has 1 aromatic heterocycles. The van der Waals surface area contributed by atoms with Crippen molar-refractivity contribution < 1.29 is 4.79 Å². The molecule has 0 spiro atoms. The van der Waals surface area contributed by atoms with Gasteiger partial charge in [-0.05, 0) is 38.0 Å². The summed E-state index contributed by atoms with van der Waals surface area (Å²) < 4.78 is 2.30. The highest BCUT2D eigenvalue weighted by molar-refractivity contribution is 5.83. The second-order valence-electron chi connectivity index (χ2n) is 8.60. The molecule has 2 aliphatic heterocycles. The van der Waals surface area contributed by atoms with Crippen LogP contribution in [0.4, 0.5) is 0 Å². The Balaban J connectivity index is 1.40. The number of amides is 1. The molecule has 0 atom stereocenters. The molecule has 6 heteroatoms. The van der Waals surface area contributed by atoms with Gasteiger partial charge in [-0.3, -0.25) is 4.79 Å². The van der Waals surface area contributed by atoms with Gasteiger partial charge in [-0.1, -0.05) is 20.3 Å². The van der Waals surface area contributed by atoms with Gasteiger partial charge in [-0.2, -0.15) is 0 Å². The molecule has 0 radical (unpaired) electrons. The zero-order chi connectivity index (χ0) is 17.4. The molecule has 2 fully saturated rings. The first-order valence-electron chi connectivity index (χ1n) is 10.0. The Morgan fingerprint density at radius 3 is 2.64 bits per heavy atom. The number of aromatic nitrogens is 3. The lowest BCUT2D eigenvalue weighted by Gasteiger charge is -2.46. The van der Waals surface area contributed by atoms with Crippen molar-refractivity contribution in [3.8, 4) is 0 Å². The van der Waals surface area contributed by atoms with E-state index in [1.807, 2.05) is 0 Å². The van der Waals surface area contributed by atoms with E-state index in [0.29, 0.717) is 17.7 Å². The smallest absolute Gasteiger partial charge is 0.228 e. The quantitative estimate of drug-likeness (QED) is 0.909. The maximum absolute atomic E-state index is 13.1. The number of fused-ring (bicyclic) bond motifs is 1. The van der Waals surface area contributed by atoms with E-state index >= 15 is 0 Å². The molecular formula is C19H31N5O. The molecule has 4 rings (SSSR count). The number of hydrogen-bond acceptors (Lipinski definition) is 4. The van der Waals surface area contributed by atoms with Gasteiger partial charge in [0.1, 0.15) is 11.6 Å². The number of carbonyl (C=O) groups excluding carboxylic acids is 1. The SMILES string of the molecule is CC(C)CC1(C(=O)N2CCC(c3nnc4n3CCNC4)CC2)CCC1. The zero-order valence-corrected chi connectivity index (χ0v) is 15.6. The van der Waals surface area contributed by atoms with E-state index in [1.54, 1.807) is 0 Å². The highest BCUT2D eigenvalue weighted by atomic mass is 16.2. The first-order valence-corrected chi connectivity index (χ1v) is 10.0. The predicted octanol–water partition coefficient (Wildman–Crippen LogP) is 2.30. The van der Waals surface area contributed by atoms with Crippen molar-refractivity contribution in [2.75, 3.05) is 19.6 Å². The van der Waals surface area contributed by atoms with Crippen LogP contribution in [-0.4, -0.2) is 45.2 Å². The van der Waals surface area contributed by atoms with E-state index in [1.165, 1.54) is 6.42 Å². The van der Waals surface area contributed by atoms with Crippen LogP contribution in [0.15, 0.2) is 0 Å². The van der Waals surface area contributed by atoms with E-state index < -0.39 is 0 Å². The molecule has 3 heterocycles. The summed E-state index contributed by atoms with van der Waals surface area (Å²) in [6.45, 7) is 9.02. The van der Waals surface area contributed by atoms with Crippen LogP contribution in [-0.2, 0) is 17.9 Å². The molecular weight excluding hydrogens is 314 g/mol. The van der Waals surface area contributed by atoms with Crippen molar-refractivity contribution in [3.05, 3.63) is 11.6 Å². The molecule has 1 N–H and O–H groups in total. The molecule has 1 aliphatic carbocycles. The minimum Gasteiger partial charge on any atom is -0.342 e. The van der Waals surface area contributed by atoms with Crippen molar-refractivity contribution >= 4 is 5.91 Å². The summed E-state index contributed by atoms with van der Waals surface area (Å²) >= 11 is 0. The van der Waals surface area contributed by atoms with E-state index in [9.17, 15) is 4.79 Å². The maximum Gasteiger partial charge on any atom is 0.228 e. The normalized spacial score (nSPS) is 23.4. The zero-order valence-electron chi connectivity index (χ0n) is 15.6. The average molecular weight is 345 g/mol. The first-order chi connectivity index (χ1) is 12.1. The van der Waals surface area contributed by atoms with Crippen LogP contribution in [0.2, 0.25) is 0 Å². The van der Waals surface area contributed by atoms with Crippen molar-refractivity contribution in [2.45, 2.75) is 71.4 Å². The monoisotopic (exact) mass is 345 g/mol. The van der Waals surface area contributed by atoms with Crippen molar-refractivity contribution in [1.29, 1.82) is 0 Å². The third-order valence-corrected chi connectivity index (χ3v) is 6.36. The fraction of sp³-hybridized carbons (Fsp3) is 0.842. The van der Waals surface area contributed by atoms with Crippen molar-refractivity contribution in [2.24, 2.45) is 11.3 Å². The number of hydrogen-bond donors (Lipinski definition) is 1. The Labute approximate surface area is 150 Å². The Bertz CT molecular complexity index is 626.